The summed E-state index contributed by atoms with van der Waals surface area (Å²) in [6.07, 6.45) is -2.22. The van der Waals surface area contributed by atoms with Crippen molar-refractivity contribution in [2.24, 2.45) is 0 Å². The molecule has 6 nitrogen and oxygen atoms in total. The number of rotatable bonds is 6. The molecule has 1 aliphatic rings. The molecule has 1 saturated heterocycles. The van der Waals surface area contributed by atoms with Crippen LogP contribution in [0.3, 0.4) is 0 Å². The smallest absolute Gasteiger partial charge is 0.368 e. The predicted octanol–water partition coefficient (Wildman–Crippen LogP) is 2.20. The second-order valence-electron chi connectivity index (χ2n) is 5.01. The lowest BCUT2D eigenvalue weighted by Crippen LogP contribution is -2.22. The van der Waals surface area contributed by atoms with Gasteiger partial charge in [-0.3, -0.25) is 0 Å². The number of anilines is 3. The minimum atomic E-state index is -4.10. The van der Waals surface area contributed by atoms with E-state index in [0.717, 1.165) is 25.9 Å². The van der Waals surface area contributed by atoms with Gasteiger partial charge in [0.05, 0.1) is 0 Å². The molecule has 3 N–H and O–H groups in total. The highest BCUT2D eigenvalue weighted by molar-refractivity contribution is 5.42. The average molecular weight is 304 g/mol. The molecule has 118 valence electrons. The molecule has 1 fully saturated rings. The van der Waals surface area contributed by atoms with Crippen LogP contribution in [0.25, 0.3) is 0 Å². The lowest BCUT2D eigenvalue weighted by atomic mass is 10.2. The Morgan fingerprint density at radius 2 is 1.81 bits per heavy atom. The Kier molecular flexibility index (Phi) is 5.03. The monoisotopic (exact) mass is 304 g/mol. The van der Waals surface area contributed by atoms with Crippen LogP contribution in [0.1, 0.15) is 32.1 Å². The quantitative estimate of drug-likeness (QED) is 0.784. The Bertz CT molecular complexity index is 459. The van der Waals surface area contributed by atoms with Gasteiger partial charge in [0.25, 0.3) is 0 Å². The van der Waals surface area contributed by atoms with E-state index in [9.17, 15) is 13.2 Å². The molecule has 0 radical (unpaired) electrons. The van der Waals surface area contributed by atoms with Gasteiger partial charge in [-0.05, 0) is 25.7 Å². The van der Waals surface area contributed by atoms with Crippen LogP contribution >= 0.6 is 0 Å². The van der Waals surface area contributed by atoms with Crippen molar-refractivity contribution in [1.82, 2.24) is 15.0 Å². The molecule has 9 heteroatoms. The molecule has 21 heavy (non-hydrogen) atoms. The number of halogens is 3. The lowest BCUT2D eigenvalue weighted by Gasteiger charge is -2.16. The summed E-state index contributed by atoms with van der Waals surface area (Å²) in [5.74, 6) is 0.957. The van der Waals surface area contributed by atoms with E-state index >= 15 is 0 Å². The van der Waals surface area contributed by atoms with Gasteiger partial charge in [-0.2, -0.15) is 28.1 Å². The van der Waals surface area contributed by atoms with Crippen LogP contribution in [0, 0.1) is 0 Å². The predicted molar refractivity (Wildman–Crippen MR) is 74.1 cm³/mol. The van der Waals surface area contributed by atoms with Gasteiger partial charge in [0, 0.05) is 26.1 Å². The molecule has 0 atom stereocenters. The number of alkyl halides is 3. The van der Waals surface area contributed by atoms with Gasteiger partial charge in [0.2, 0.25) is 17.8 Å². The first-order valence-electron chi connectivity index (χ1n) is 7.01. The highest BCUT2D eigenvalue weighted by atomic mass is 19.4. The largest absolute Gasteiger partial charge is 0.389 e. The fourth-order valence-electron chi connectivity index (χ4n) is 2.17. The van der Waals surface area contributed by atoms with Gasteiger partial charge in [-0.1, -0.05) is 0 Å². The van der Waals surface area contributed by atoms with Crippen molar-refractivity contribution in [3.8, 4) is 0 Å². The maximum Gasteiger partial charge on any atom is 0.389 e. The van der Waals surface area contributed by atoms with Crippen LogP contribution in [-0.2, 0) is 0 Å². The van der Waals surface area contributed by atoms with Crippen molar-refractivity contribution >= 4 is 17.8 Å². The van der Waals surface area contributed by atoms with Crippen LogP contribution in [0.5, 0.6) is 0 Å². The van der Waals surface area contributed by atoms with E-state index in [-0.39, 0.29) is 12.4 Å². The maximum absolute atomic E-state index is 12.0. The Labute approximate surface area is 121 Å². The highest BCUT2D eigenvalue weighted by Crippen LogP contribution is 2.22. The lowest BCUT2D eigenvalue weighted by molar-refractivity contribution is -0.135. The van der Waals surface area contributed by atoms with Crippen molar-refractivity contribution in [2.75, 3.05) is 35.6 Å². The van der Waals surface area contributed by atoms with Gasteiger partial charge < -0.3 is 16.0 Å². The van der Waals surface area contributed by atoms with Crippen LogP contribution in [0.4, 0.5) is 31.0 Å². The van der Waals surface area contributed by atoms with Crippen molar-refractivity contribution in [1.29, 1.82) is 0 Å². The van der Waals surface area contributed by atoms with E-state index in [1.165, 1.54) is 0 Å². The molecule has 0 aromatic carbocycles. The van der Waals surface area contributed by atoms with Gasteiger partial charge >= 0.3 is 6.18 Å². The molecule has 0 unspecified atom stereocenters. The summed E-state index contributed by atoms with van der Waals surface area (Å²) in [6.45, 7) is 2.14. The summed E-state index contributed by atoms with van der Waals surface area (Å²) in [4.78, 5) is 14.3. The topological polar surface area (TPSA) is 80.0 Å². The molecule has 1 aromatic heterocycles. The first kappa shape index (κ1) is 15.6. The average Bonchev–Trinajstić information content (AvgIpc) is 2.90. The first-order chi connectivity index (χ1) is 9.94. The zero-order valence-electron chi connectivity index (χ0n) is 11.7. The number of unbranched alkanes of at least 4 members (excludes halogenated alkanes) is 1. The zero-order chi connectivity index (χ0) is 15.3. The normalized spacial score (nSPS) is 15.5. The van der Waals surface area contributed by atoms with Gasteiger partial charge in [0.15, 0.2) is 0 Å². The van der Waals surface area contributed by atoms with E-state index in [1.54, 1.807) is 0 Å². The summed E-state index contributed by atoms with van der Waals surface area (Å²) in [7, 11) is 0. The van der Waals surface area contributed by atoms with Crippen LogP contribution in [0.2, 0.25) is 0 Å². The second kappa shape index (κ2) is 6.77. The van der Waals surface area contributed by atoms with Gasteiger partial charge in [-0.15, -0.1) is 0 Å². The molecular weight excluding hydrogens is 285 g/mol. The van der Waals surface area contributed by atoms with Crippen molar-refractivity contribution < 1.29 is 13.2 Å². The number of nitrogens with one attached hydrogen (secondary N) is 1. The van der Waals surface area contributed by atoms with E-state index < -0.39 is 12.6 Å². The summed E-state index contributed by atoms with van der Waals surface area (Å²) in [5.41, 5.74) is 5.64. The third-order valence-electron chi connectivity index (χ3n) is 3.20. The zero-order valence-corrected chi connectivity index (χ0v) is 11.7. The number of hydrogen-bond donors (Lipinski definition) is 2. The minimum Gasteiger partial charge on any atom is -0.368 e. The molecule has 1 aliphatic heterocycles. The summed E-state index contributed by atoms with van der Waals surface area (Å²) < 4.78 is 36.0. The first-order valence-corrected chi connectivity index (χ1v) is 7.01. The molecule has 2 rings (SSSR count). The van der Waals surface area contributed by atoms with E-state index in [4.69, 9.17) is 5.73 Å². The highest BCUT2D eigenvalue weighted by Gasteiger charge is 2.25. The third-order valence-corrected chi connectivity index (χ3v) is 3.20. The molecule has 1 aromatic rings. The Morgan fingerprint density at radius 1 is 1.10 bits per heavy atom. The number of nitrogen functional groups attached to an aromatic ring is 1. The van der Waals surface area contributed by atoms with Crippen molar-refractivity contribution in [3.05, 3.63) is 0 Å². The van der Waals surface area contributed by atoms with E-state index in [2.05, 4.69) is 20.3 Å². The maximum atomic E-state index is 12.0. The Balaban J connectivity index is 1.82. The summed E-state index contributed by atoms with van der Waals surface area (Å²) in [6, 6.07) is 0. The van der Waals surface area contributed by atoms with Crippen molar-refractivity contribution in [3.63, 3.8) is 0 Å². The SMILES string of the molecule is Nc1nc(NCCCCC(F)(F)F)nc(N2CCCC2)n1. The standard InChI is InChI=1S/C12H19F3N6/c13-12(14,15)5-1-2-6-17-10-18-9(16)19-11(20-10)21-7-3-4-8-21/h1-8H2,(H3,16,17,18,19,20). The van der Waals surface area contributed by atoms with Crippen LogP contribution in [-0.4, -0.2) is 40.8 Å². The Morgan fingerprint density at radius 3 is 2.48 bits per heavy atom. The number of hydrogen-bond acceptors (Lipinski definition) is 6. The molecule has 0 spiro atoms. The fourth-order valence-corrected chi connectivity index (χ4v) is 2.17. The van der Waals surface area contributed by atoms with Crippen molar-refractivity contribution in [2.45, 2.75) is 38.3 Å². The second-order valence-corrected chi connectivity index (χ2v) is 5.01. The third kappa shape index (κ3) is 5.24. The molecule has 0 aliphatic carbocycles. The molecule has 0 saturated carbocycles. The molecule has 2 heterocycles. The van der Waals surface area contributed by atoms with Crippen LogP contribution < -0.4 is 16.0 Å². The van der Waals surface area contributed by atoms with E-state index in [1.807, 2.05) is 4.90 Å². The van der Waals surface area contributed by atoms with Gasteiger partial charge in [-0.25, -0.2) is 0 Å². The minimum absolute atomic E-state index is 0.0794. The molecule has 0 bridgehead atoms. The van der Waals surface area contributed by atoms with Gasteiger partial charge in [0.1, 0.15) is 0 Å². The fraction of sp³-hybridized carbons (Fsp3) is 0.750. The van der Waals surface area contributed by atoms with Crippen LogP contribution in [0.15, 0.2) is 0 Å². The van der Waals surface area contributed by atoms with E-state index in [0.29, 0.717) is 24.9 Å². The number of nitrogens with zero attached hydrogens (tertiary/aromatic N) is 4. The molecular formula is C12H19F3N6. The molecule has 0 amide bonds. The Hall–Kier alpha value is -1.80. The number of aromatic nitrogens is 3. The summed E-state index contributed by atoms with van der Waals surface area (Å²) in [5, 5.41) is 2.90. The number of nitrogens with two attached hydrogens (primary N) is 1. The summed E-state index contributed by atoms with van der Waals surface area (Å²) >= 11 is 0.